The minimum atomic E-state index is -5.08. The number of hydrogen-bond donors (Lipinski definition) is 2. The van der Waals surface area contributed by atoms with E-state index in [1.54, 1.807) is 0 Å². The first-order chi connectivity index (χ1) is 7.34. The van der Waals surface area contributed by atoms with E-state index in [9.17, 15) is 18.0 Å². The zero-order valence-electron chi connectivity index (χ0n) is 10.1. The van der Waals surface area contributed by atoms with Crippen LogP contribution in [0.1, 0.15) is 13.3 Å². The highest BCUT2D eigenvalue weighted by Crippen LogP contribution is 2.13. The monoisotopic (exact) mass is 260 g/mol. The number of nitrogens with zero attached hydrogens (tertiary/aromatic N) is 1. The second-order valence-corrected chi connectivity index (χ2v) is 4.18. The zero-order chi connectivity index (χ0) is 14.4. The number of carboxylic acid groups (broad SMARTS) is 2. The number of quaternary nitrogens is 1. The van der Waals surface area contributed by atoms with E-state index in [4.69, 9.17) is 15.0 Å². The van der Waals surface area contributed by atoms with Crippen LogP contribution in [0.15, 0.2) is 0 Å². The Morgan fingerprint density at radius 2 is 1.47 bits per heavy atom. The summed E-state index contributed by atoms with van der Waals surface area (Å²) in [6.07, 6.45) is -4.40. The van der Waals surface area contributed by atoms with Gasteiger partial charge in [-0.3, -0.25) is 0 Å². The number of aliphatic carboxylic acids is 2. The van der Waals surface area contributed by atoms with Crippen molar-refractivity contribution in [2.45, 2.75) is 25.6 Å². The molecule has 0 rings (SSSR count). The van der Waals surface area contributed by atoms with E-state index >= 15 is 0 Å². The van der Waals surface area contributed by atoms with Crippen LogP contribution in [0.5, 0.6) is 0 Å². The molecule has 0 spiro atoms. The number of hydrogen-bond acceptors (Lipinski definition) is 2. The van der Waals surface area contributed by atoms with E-state index in [-0.39, 0.29) is 6.04 Å². The van der Waals surface area contributed by atoms with Gasteiger partial charge in [0.2, 0.25) is 0 Å². The predicted octanol–water partition coefficient (Wildman–Crippen LogP) is 1.19. The van der Waals surface area contributed by atoms with Crippen LogP contribution in [0.3, 0.4) is 0 Å². The first kappa shape index (κ1) is 18.1. The average Bonchev–Trinajstić information content (AvgIpc) is 2.00. The maximum Gasteiger partial charge on any atom is 0.490 e. The lowest BCUT2D eigenvalue weighted by Crippen LogP contribution is -2.49. The maximum atomic E-state index is 10.6. The SMILES string of the molecule is CCC(C(=O)O)[N+](C)(C)C.O=C(O)C(F)(F)F. The van der Waals surface area contributed by atoms with E-state index in [1.165, 1.54) is 0 Å². The first-order valence-electron chi connectivity index (χ1n) is 4.68. The molecule has 1 atom stereocenters. The van der Waals surface area contributed by atoms with Crippen LogP contribution in [-0.2, 0) is 9.59 Å². The Balaban J connectivity index is 0. The summed E-state index contributed by atoms with van der Waals surface area (Å²) in [6.45, 7) is 1.89. The number of carbonyl (C=O) groups is 2. The summed E-state index contributed by atoms with van der Waals surface area (Å²) < 4.78 is 32.2. The highest BCUT2D eigenvalue weighted by atomic mass is 19.4. The van der Waals surface area contributed by atoms with Gasteiger partial charge in [0.1, 0.15) is 0 Å². The number of alkyl halides is 3. The smallest absolute Gasteiger partial charge is 0.477 e. The van der Waals surface area contributed by atoms with Crippen molar-refractivity contribution in [2.24, 2.45) is 0 Å². The lowest BCUT2D eigenvalue weighted by Gasteiger charge is -2.30. The molecule has 0 aromatic heterocycles. The van der Waals surface area contributed by atoms with Gasteiger partial charge in [-0.2, -0.15) is 13.2 Å². The molecule has 0 aromatic rings. The molecule has 0 heterocycles. The minimum absolute atomic E-state index is 0.278. The van der Waals surface area contributed by atoms with Gasteiger partial charge in [0.15, 0.2) is 6.04 Å². The highest BCUT2D eigenvalue weighted by Gasteiger charge is 2.38. The molecule has 0 aliphatic carbocycles. The van der Waals surface area contributed by atoms with Crippen LogP contribution < -0.4 is 0 Å². The number of rotatable bonds is 3. The first-order valence-corrected chi connectivity index (χ1v) is 4.68. The Morgan fingerprint density at radius 3 is 1.47 bits per heavy atom. The molecule has 2 N–H and O–H groups in total. The highest BCUT2D eigenvalue weighted by molar-refractivity contribution is 5.73. The van der Waals surface area contributed by atoms with Crippen molar-refractivity contribution < 1.29 is 37.5 Å². The van der Waals surface area contributed by atoms with Gasteiger partial charge in [-0.05, 0) is 0 Å². The molecular weight excluding hydrogens is 243 g/mol. The number of likely N-dealkylation sites (N-methyl/N-ethyl adjacent to an activating group) is 1. The summed E-state index contributed by atoms with van der Waals surface area (Å²) in [4.78, 5) is 19.5. The summed E-state index contributed by atoms with van der Waals surface area (Å²) >= 11 is 0. The van der Waals surface area contributed by atoms with Crippen LogP contribution >= 0.6 is 0 Å². The van der Waals surface area contributed by atoms with Gasteiger partial charge < -0.3 is 14.7 Å². The standard InChI is InChI=1S/C7H15NO2.C2HF3O2/c1-5-6(7(9)10)8(2,3)4;3-2(4,5)1(6)7/h6H,5H2,1-4H3;(H,6,7)/p+1. The lowest BCUT2D eigenvalue weighted by molar-refractivity contribution is -0.887. The molecule has 8 heteroatoms. The normalized spacial score (nSPS) is 13.4. The quantitative estimate of drug-likeness (QED) is 0.747. The summed E-state index contributed by atoms with van der Waals surface area (Å²) in [5.41, 5.74) is 0. The van der Waals surface area contributed by atoms with Crippen molar-refractivity contribution in [3.63, 3.8) is 0 Å². The minimum Gasteiger partial charge on any atom is -0.477 e. The summed E-state index contributed by atoms with van der Waals surface area (Å²) in [6, 6.07) is -0.278. The Kier molecular flexibility index (Phi) is 6.83. The molecule has 0 bridgehead atoms. The molecule has 0 fully saturated rings. The third-order valence-corrected chi connectivity index (χ3v) is 1.85. The molecule has 1 unspecified atom stereocenters. The van der Waals surface area contributed by atoms with E-state index in [0.29, 0.717) is 10.9 Å². The van der Waals surface area contributed by atoms with E-state index in [2.05, 4.69) is 0 Å². The fraction of sp³-hybridized carbons (Fsp3) is 0.778. The van der Waals surface area contributed by atoms with Crippen LogP contribution in [0, 0.1) is 0 Å². The second kappa shape index (κ2) is 6.43. The van der Waals surface area contributed by atoms with Gasteiger partial charge in [-0.15, -0.1) is 0 Å². The zero-order valence-corrected chi connectivity index (χ0v) is 10.1. The average molecular weight is 260 g/mol. The van der Waals surface area contributed by atoms with Crippen molar-refractivity contribution in [2.75, 3.05) is 21.1 Å². The molecule has 0 saturated heterocycles. The Bertz CT molecular complexity index is 270. The fourth-order valence-electron chi connectivity index (χ4n) is 1.05. The van der Waals surface area contributed by atoms with Crippen molar-refractivity contribution in [3.05, 3.63) is 0 Å². The fourth-order valence-corrected chi connectivity index (χ4v) is 1.05. The summed E-state index contributed by atoms with van der Waals surface area (Å²) in [7, 11) is 5.67. The van der Waals surface area contributed by atoms with Crippen molar-refractivity contribution >= 4 is 11.9 Å². The van der Waals surface area contributed by atoms with Gasteiger partial charge >= 0.3 is 18.1 Å². The maximum absolute atomic E-state index is 10.6. The third kappa shape index (κ3) is 8.49. The summed E-state index contributed by atoms with van der Waals surface area (Å²) in [5, 5.41) is 15.8. The molecule has 0 aliphatic rings. The van der Waals surface area contributed by atoms with Crippen LogP contribution in [0.2, 0.25) is 0 Å². The van der Waals surface area contributed by atoms with E-state index in [0.717, 1.165) is 0 Å². The van der Waals surface area contributed by atoms with Crippen molar-refractivity contribution in [3.8, 4) is 0 Å². The summed E-state index contributed by atoms with van der Waals surface area (Å²) in [5.74, 6) is -3.47. The van der Waals surface area contributed by atoms with Gasteiger partial charge in [0, 0.05) is 6.42 Å². The van der Waals surface area contributed by atoms with E-state index < -0.39 is 18.1 Å². The molecule has 0 radical (unpaired) electrons. The molecule has 5 nitrogen and oxygen atoms in total. The van der Waals surface area contributed by atoms with Gasteiger partial charge in [0.05, 0.1) is 21.1 Å². The second-order valence-electron chi connectivity index (χ2n) is 4.18. The topological polar surface area (TPSA) is 74.6 Å². The van der Waals surface area contributed by atoms with Gasteiger partial charge in [-0.25, -0.2) is 9.59 Å². The number of halogens is 3. The number of carboxylic acids is 2. The van der Waals surface area contributed by atoms with Crippen molar-refractivity contribution in [1.29, 1.82) is 0 Å². The Labute approximate surface area is 97.0 Å². The lowest BCUT2D eigenvalue weighted by atomic mass is 10.2. The largest absolute Gasteiger partial charge is 0.490 e. The van der Waals surface area contributed by atoms with E-state index in [1.807, 2.05) is 28.1 Å². The van der Waals surface area contributed by atoms with Crippen LogP contribution in [0.4, 0.5) is 13.2 Å². The Morgan fingerprint density at radius 1 is 1.18 bits per heavy atom. The molecule has 0 amide bonds. The van der Waals surface area contributed by atoms with Gasteiger partial charge in [0.25, 0.3) is 0 Å². The molecule has 0 saturated carbocycles. The molecular formula is C9H17F3NO4+. The van der Waals surface area contributed by atoms with Crippen LogP contribution in [0.25, 0.3) is 0 Å². The molecule has 102 valence electrons. The van der Waals surface area contributed by atoms with Crippen LogP contribution in [-0.4, -0.2) is 60.0 Å². The third-order valence-electron chi connectivity index (χ3n) is 1.85. The molecule has 17 heavy (non-hydrogen) atoms. The van der Waals surface area contributed by atoms with Crippen molar-refractivity contribution in [1.82, 2.24) is 0 Å². The predicted molar refractivity (Wildman–Crippen MR) is 53.4 cm³/mol. The molecule has 0 aromatic carbocycles. The molecule has 0 aliphatic heterocycles. The van der Waals surface area contributed by atoms with Gasteiger partial charge in [-0.1, -0.05) is 6.92 Å². The Hall–Kier alpha value is -1.31.